The summed E-state index contributed by atoms with van der Waals surface area (Å²) in [5, 5.41) is 8.90. The maximum Gasteiger partial charge on any atom is 0.162 e. The minimum absolute atomic E-state index is 0.191. The van der Waals surface area contributed by atoms with Gasteiger partial charge in [0.15, 0.2) is 11.5 Å². The number of aliphatic hydroxyl groups excluding tert-OH is 1. The molecule has 1 aromatic carbocycles. The number of benzene rings is 1. The average molecular weight is 235 g/mol. The van der Waals surface area contributed by atoms with Crippen molar-refractivity contribution < 1.29 is 19.0 Å². The smallest absolute Gasteiger partial charge is 0.162 e. The van der Waals surface area contributed by atoms with Gasteiger partial charge in [0.1, 0.15) is 6.17 Å². The van der Waals surface area contributed by atoms with E-state index in [0.29, 0.717) is 11.5 Å². The second-order valence-electron chi connectivity index (χ2n) is 2.88. The Morgan fingerprint density at radius 3 is 2.33 bits per heavy atom. The van der Waals surface area contributed by atoms with Gasteiger partial charge in [0, 0.05) is 11.6 Å². The lowest BCUT2D eigenvalue weighted by molar-refractivity contribution is 0.179. The SMILES string of the molecule is COc1cc(Cl)c(C(F)CO)cc1OC. The molecule has 1 atom stereocenters. The van der Waals surface area contributed by atoms with Gasteiger partial charge in [0.2, 0.25) is 0 Å². The fraction of sp³-hybridized carbons (Fsp3) is 0.400. The van der Waals surface area contributed by atoms with Crippen molar-refractivity contribution in [2.45, 2.75) is 6.17 Å². The first-order valence-corrected chi connectivity index (χ1v) is 4.68. The topological polar surface area (TPSA) is 38.7 Å². The van der Waals surface area contributed by atoms with Crippen LogP contribution in [0.5, 0.6) is 11.5 Å². The minimum atomic E-state index is -1.52. The van der Waals surface area contributed by atoms with E-state index in [-0.39, 0.29) is 10.6 Å². The Kier molecular flexibility index (Phi) is 4.17. The molecule has 0 bridgehead atoms. The molecule has 1 unspecified atom stereocenters. The summed E-state index contributed by atoms with van der Waals surface area (Å²) < 4.78 is 23.2. The molecule has 0 fully saturated rings. The molecule has 5 heteroatoms. The van der Waals surface area contributed by atoms with Crippen LogP contribution in [-0.2, 0) is 0 Å². The van der Waals surface area contributed by atoms with E-state index in [1.807, 2.05) is 0 Å². The van der Waals surface area contributed by atoms with Crippen molar-refractivity contribution in [3.63, 3.8) is 0 Å². The van der Waals surface area contributed by atoms with Crippen LogP contribution in [0, 0.1) is 0 Å². The normalized spacial score (nSPS) is 12.3. The number of methoxy groups -OCH3 is 2. The van der Waals surface area contributed by atoms with E-state index in [2.05, 4.69) is 0 Å². The predicted octanol–water partition coefficient (Wildman–Crippen LogP) is 2.36. The molecule has 0 heterocycles. The Labute approximate surface area is 92.4 Å². The van der Waals surface area contributed by atoms with Crippen molar-refractivity contribution in [2.24, 2.45) is 0 Å². The molecule has 3 nitrogen and oxygen atoms in total. The van der Waals surface area contributed by atoms with Crippen LogP contribution < -0.4 is 9.47 Å². The Morgan fingerprint density at radius 1 is 1.33 bits per heavy atom. The molecule has 0 amide bonds. The van der Waals surface area contributed by atoms with E-state index >= 15 is 0 Å². The number of hydrogen-bond donors (Lipinski definition) is 1. The number of aliphatic hydroxyl groups is 1. The highest BCUT2D eigenvalue weighted by Crippen LogP contribution is 2.36. The summed E-state index contributed by atoms with van der Waals surface area (Å²) in [5.74, 6) is 0.810. The zero-order valence-corrected chi connectivity index (χ0v) is 9.21. The van der Waals surface area contributed by atoms with Crippen LogP contribution in [0.2, 0.25) is 5.02 Å². The molecule has 0 aromatic heterocycles. The lowest BCUT2D eigenvalue weighted by Gasteiger charge is -2.13. The van der Waals surface area contributed by atoms with Gasteiger partial charge >= 0.3 is 0 Å². The molecule has 1 N–H and O–H groups in total. The van der Waals surface area contributed by atoms with Crippen molar-refractivity contribution in [1.82, 2.24) is 0 Å². The minimum Gasteiger partial charge on any atom is -0.493 e. The third-order valence-electron chi connectivity index (χ3n) is 2.00. The Hall–Kier alpha value is -1.00. The van der Waals surface area contributed by atoms with Crippen LogP contribution in [-0.4, -0.2) is 25.9 Å². The average Bonchev–Trinajstić information content (AvgIpc) is 2.27. The largest absolute Gasteiger partial charge is 0.493 e. The molecular weight excluding hydrogens is 223 g/mol. The molecule has 0 aliphatic carbocycles. The van der Waals surface area contributed by atoms with Crippen molar-refractivity contribution in [3.05, 3.63) is 22.7 Å². The van der Waals surface area contributed by atoms with E-state index in [4.69, 9.17) is 26.2 Å². The zero-order valence-electron chi connectivity index (χ0n) is 8.46. The van der Waals surface area contributed by atoms with Gasteiger partial charge in [-0.15, -0.1) is 0 Å². The summed E-state index contributed by atoms with van der Waals surface area (Å²) in [5.41, 5.74) is 0.191. The van der Waals surface area contributed by atoms with Crippen LogP contribution >= 0.6 is 11.6 Å². The molecule has 1 aromatic rings. The molecule has 0 aliphatic heterocycles. The Bertz CT molecular complexity index is 344. The fourth-order valence-electron chi connectivity index (χ4n) is 1.21. The number of rotatable bonds is 4. The maximum absolute atomic E-state index is 13.2. The molecule has 1 rings (SSSR count). The first kappa shape index (κ1) is 12.1. The summed E-state index contributed by atoms with van der Waals surface area (Å²) in [4.78, 5) is 0. The second kappa shape index (κ2) is 5.19. The van der Waals surface area contributed by atoms with E-state index < -0.39 is 12.8 Å². The molecule has 0 radical (unpaired) electrons. The van der Waals surface area contributed by atoms with Gasteiger partial charge in [0.05, 0.1) is 25.8 Å². The summed E-state index contributed by atoms with van der Waals surface area (Å²) in [6, 6.07) is 2.88. The number of alkyl halides is 1. The lowest BCUT2D eigenvalue weighted by atomic mass is 10.1. The van der Waals surface area contributed by atoms with E-state index in [0.717, 1.165) is 0 Å². The Morgan fingerprint density at radius 2 is 1.87 bits per heavy atom. The quantitative estimate of drug-likeness (QED) is 0.869. The predicted molar refractivity (Wildman–Crippen MR) is 55.5 cm³/mol. The van der Waals surface area contributed by atoms with Gasteiger partial charge in [-0.1, -0.05) is 11.6 Å². The van der Waals surface area contributed by atoms with Gasteiger partial charge in [-0.3, -0.25) is 0 Å². The lowest BCUT2D eigenvalue weighted by Crippen LogP contribution is -2.00. The Balaban J connectivity index is 3.19. The van der Waals surface area contributed by atoms with Gasteiger partial charge in [0.25, 0.3) is 0 Å². The van der Waals surface area contributed by atoms with Crippen molar-refractivity contribution in [3.8, 4) is 11.5 Å². The molecule has 0 saturated carbocycles. The molecule has 0 saturated heterocycles. The van der Waals surface area contributed by atoms with E-state index in [1.165, 1.54) is 26.4 Å². The second-order valence-corrected chi connectivity index (χ2v) is 3.29. The highest BCUT2D eigenvalue weighted by molar-refractivity contribution is 6.31. The van der Waals surface area contributed by atoms with Crippen molar-refractivity contribution >= 4 is 11.6 Å². The third kappa shape index (κ3) is 2.52. The zero-order chi connectivity index (χ0) is 11.4. The highest BCUT2D eigenvalue weighted by Gasteiger charge is 2.16. The summed E-state index contributed by atoms with van der Waals surface area (Å²) in [6.45, 7) is -0.616. The maximum atomic E-state index is 13.2. The van der Waals surface area contributed by atoms with Crippen LogP contribution in [0.15, 0.2) is 12.1 Å². The van der Waals surface area contributed by atoms with Gasteiger partial charge in [-0.2, -0.15) is 0 Å². The van der Waals surface area contributed by atoms with Crippen LogP contribution in [0.1, 0.15) is 11.7 Å². The van der Waals surface area contributed by atoms with Gasteiger partial charge in [-0.05, 0) is 6.07 Å². The third-order valence-corrected chi connectivity index (χ3v) is 2.33. The first-order chi connectivity index (χ1) is 7.13. The van der Waals surface area contributed by atoms with E-state index in [9.17, 15) is 4.39 Å². The number of ether oxygens (including phenoxy) is 2. The number of hydrogen-bond acceptors (Lipinski definition) is 3. The fourth-order valence-corrected chi connectivity index (χ4v) is 1.48. The van der Waals surface area contributed by atoms with Crippen LogP contribution in [0.25, 0.3) is 0 Å². The van der Waals surface area contributed by atoms with Gasteiger partial charge in [-0.25, -0.2) is 4.39 Å². The summed E-state index contributed by atoms with van der Waals surface area (Å²) >= 11 is 5.82. The molecule has 0 aliphatic rings. The van der Waals surface area contributed by atoms with Crippen LogP contribution in [0.4, 0.5) is 4.39 Å². The standard InChI is InChI=1S/C10H12ClFO3/c1-14-9-3-6(8(12)5-13)7(11)4-10(9)15-2/h3-4,8,13H,5H2,1-2H3. The molecule has 84 valence electrons. The molecule has 0 spiro atoms. The molecular formula is C10H12ClFO3. The van der Waals surface area contributed by atoms with Gasteiger partial charge < -0.3 is 14.6 Å². The first-order valence-electron chi connectivity index (χ1n) is 4.30. The van der Waals surface area contributed by atoms with Crippen molar-refractivity contribution in [2.75, 3.05) is 20.8 Å². The van der Waals surface area contributed by atoms with Crippen LogP contribution in [0.3, 0.4) is 0 Å². The van der Waals surface area contributed by atoms with Crippen molar-refractivity contribution in [1.29, 1.82) is 0 Å². The number of halogens is 2. The van der Waals surface area contributed by atoms with E-state index in [1.54, 1.807) is 0 Å². The molecule has 15 heavy (non-hydrogen) atoms. The highest BCUT2D eigenvalue weighted by atomic mass is 35.5. The summed E-state index contributed by atoms with van der Waals surface area (Å²) in [6.07, 6.45) is -1.52. The summed E-state index contributed by atoms with van der Waals surface area (Å²) in [7, 11) is 2.91. The monoisotopic (exact) mass is 234 g/mol.